The number of fused-ring (bicyclic) bond motifs is 1. The van der Waals surface area contributed by atoms with Gasteiger partial charge in [0.1, 0.15) is 5.82 Å². The number of nitrogens with zero attached hydrogens (tertiary/aromatic N) is 2. The monoisotopic (exact) mass is 394 g/mol. The Morgan fingerprint density at radius 2 is 1.83 bits per heavy atom. The molecular weight excluding hydrogens is 371 g/mol. The number of amides is 2. The molecule has 2 heterocycles. The molecule has 0 radical (unpaired) electrons. The largest absolute Gasteiger partial charge is 0.366 e. The van der Waals surface area contributed by atoms with Crippen LogP contribution in [0.1, 0.15) is 23.0 Å². The molecule has 2 amide bonds. The summed E-state index contributed by atoms with van der Waals surface area (Å²) < 4.78 is 14.4. The zero-order valence-corrected chi connectivity index (χ0v) is 16.2. The molecule has 6 nitrogen and oxygen atoms in total. The Bertz CT molecular complexity index is 1020. The van der Waals surface area contributed by atoms with Crippen molar-refractivity contribution >= 4 is 28.4 Å². The normalized spacial score (nSPS) is 14.3. The molecule has 1 aliphatic rings. The number of anilines is 1. The Balaban J connectivity index is 1.32. The number of aromatic amines is 1. The average molecular weight is 394 g/mol. The highest BCUT2D eigenvalue weighted by Gasteiger charge is 2.23. The number of aromatic nitrogens is 1. The number of hydrogen-bond acceptors (Lipinski definition) is 3. The van der Waals surface area contributed by atoms with Crippen molar-refractivity contribution in [3.05, 3.63) is 65.6 Å². The Hall–Kier alpha value is -3.35. The van der Waals surface area contributed by atoms with E-state index in [9.17, 15) is 14.0 Å². The highest BCUT2D eigenvalue weighted by Crippen LogP contribution is 2.22. The van der Waals surface area contributed by atoms with Gasteiger partial charge in [-0.3, -0.25) is 4.79 Å². The smallest absolute Gasteiger partial charge is 0.317 e. The fourth-order valence-electron chi connectivity index (χ4n) is 3.64. The van der Waals surface area contributed by atoms with Gasteiger partial charge in [0.2, 0.25) is 0 Å². The second-order valence-corrected chi connectivity index (χ2v) is 7.24. The number of nitrogens with one attached hydrogen (secondary N) is 2. The number of H-pyrrole nitrogens is 1. The summed E-state index contributed by atoms with van der Waals surface area (Å²) in [5.74, 6) is -0.568. The molecule has 29 heavy (non-hydrogen) atoms. The van der Waals surface area contributed by atoms with Crippen LogP contribution in [0.2, 0.25) is 0 Å². The highest BCUT2D eigenvalue weighted by atomic mass is 19.1. The van der Waals surface area contributed by atoms with Crippen LogP contribution in [0.15, 0.2) is 48.5 Å². The molecule has 1 fully saturated rings. The van der Waals surface area contributed by atoms with Crippen LogP contribution >= 0.6 is 0 Å². The van der Waals surface area contributed by atoms with E-state index in [0.29, 0.717) is 44.0 Å². The van der Waals surface area contributed by atoms with Crippen LogP contribution in [0, 0.1) is 5.82 Å². The van der Waals surface area contributed by atoms with Crippen molar-refractivity contribution in [2.24, 2.45) is 0 Å². The first-order valence-electron chi connectivity index (χ1n) is 9.66. The van der Waals surface area contributed by atoms with Crippen molar-refractivity contribution in [3.63, 3.8) is 0 Å². The van der Waals surface area contributed by atoms with E-state index in [1.165, 1.54) is 13.0 Å². The molecule has 3 aromatic rings. The van der Waals surface area contributed by atoms with Gasteiger partial charge in [-0.1, -0.05) is 18.2 Å². The number of urea groups is 1. The number of carbonyl (C=O) groups is 2. The summed E-state index contributed by atoms with van der Waals surface area (Å²) in [4.78, 5) is 30.8. The maximum atomic E-state index is 14.4. The number of rotatable bonds is 4. The molecule has 2 aromatic carbocycles. The van der Waals surface area contributed by atoms with Crippen molar-refractivity contribution in [1.29, 1.82) is 0 Å². The third-order valence-corrected chi connectivity index (χ3v) is 5.28. The summed E-state index contributed by atoms with van der Waals surface area (Å²) in [6.45, 7) is 3.93. The third kappa shape index (κ3) is 4.08. The Labute approximate surface area is 168 Å². The van der Waals surface area contributed by atoms with E-state index in [0.717, 1.165) is 16.6 Å². The van der Waals surface area contributed by atoms with E-state index in [1.807, 2.05) is 35.2 Å². The summed E-state index contributed by atoms with van der Waals surface area (Å²) in [5.41, 5.74) is 2.82. The van der Waals surface area contributed by atoms with Crippen molar-refractivity contribution in [2.75, 3.05) is 31.1 Å². The number of carbonyl (C=O) groups excluding carboxylic acids is 2. The van der Waals surface area contributed by atoms with E-state index in [2.05, 4.69) is 10.3 Å². The first kappa shape index (κ1) is 19.0. The van der Waals surface area contributed by atoms with Gasteiger partial charge in [0.25, 0.3) is 0 Å². The lowest BCUT2D eigenvalue weighted by Crippen LogP contribution is -2.51. The van der Waals surface area contributed by atoms with E-state index < -0.39 is 5.82 Å². The predicted octanol–water partition coefficient (Wildman–Crippen LogP) is 3.54. The van der Waals surface area contributed by atoms with Crippen molar-refractivity contribution in [1.82, 2.24) is 15.2 Å². The standard InChI is InChI=1S/C22H23FN4O2/c1-15(28)16-6-7-21(19(23)13-16)26-8-10-27(11-9-26)22(29)24-14-18-12-17-4-2-3-5-20(17)25-18/h2-7,12-13,25H,8-11,14H2,1H3,(H,24,29). The fraction of sp³-hybridized carbons (Fsp3) is 0.273. The minimum Gasteiger partial charge on any atom is -0.366 e. The van der Waals surface area contributed by atoms with E-state index in [4.69, 9.17) is 0 Å². The van der Waals surface area contributed by atoms with Crippen LogP contribution in [-0.2, 0) is 6.54 Å². The van der Waals surface area contributed by atoms with Gasteiger partial charge < -0.3 is 20.1 Å². The highest BCUT2D eigenvalue weighted by molar-refractivity contribution is 5.94. The summed E-state index contributed by atoms with van der Waals surface area (Å²) in [5, 5.41) is 4.06. The maximum absolute atomic E-state index is 14.4. The number of piperazine rings is 1. The molecule has 1 aromatic heterocycles. The quantitative estimate of drug-likeness (QED) is 0.665. The van der Waals surface area contributed by atoms with Gasteiger partial charge in [0.05, 0.1) is 12.2 Å². The summed E-state index contributed by atoms with van der Waals surface area (Å²) in [7, 11) is 0. The molecule has 7 heteroatoms. The van der Waals surface area contributed by atoms with Gasteiger partial charge in [0, 0.05) is 43.0 Å². The van der Waals surface area contributed by atoms with Crippen LogP contribution in [0.3, 0.4) is 0 Å². The number of para-hydroxylation sites is 1. The van der Waals surface area contributed by atoms with E-state index in [1.54, 1.807) is 17.0 Å². The molecule has 0 atom stereocenters. The Morgan fingerprint density at radius 1 is 1.07 bits per heavy atom. The first-order valence-corrected chi connectivity index (χ1v) is 9.66. The molecule has 0 saturated carbocycles. The fourth-order valence-corrected chi connectivity index (χ4v) is 3.64. The van der Waals surface area contributed by atoms with Crippen molar-refractivity contribution in [2.45, 2.75) is 13.5 Å². The maximum Gasteiger partial charge on any atom is 0.317 e. The molecule has 0 unspecified atom stereocenters. The zero-order valence-electron chi connectivity index (χ0n) is 16.2. The Morgan fingerprint density at radius 3 is 2.52 bits per heavy atom. The lowest BCUT2D eigenvalue weighted by Gasteiger charge is -2.36. The lowest BCUT2D eigenvalue weighted by atomic mass is 10.1. The van der Waals surface area contributed by atoms with Gasteiger partial charge >= 0.3 is 6.03 Å². The molecule has 1 aliphatic heterocycles. The molecule has 0 aliphatic carbocycles. The molecule has 2 N–H and O–H groups in total. The van der Waals surface area contributed by atoms with Crippen molar-refractivity contribution in [3.8, 4) is 0 Å². The number of benzene rings is 2. The van der Waals surface area contributed by atoms with Crippen LogP contribution in [-0.4, -0.2) is 47.9 Å². The average Bonchev–Trinajstić information content (AvgIpc) is 3.15. The van der Waals surface area contributed by atoms with Crippen LogP contribution in [0.4, 0.5) is 14.9 Å². The molecule has 0 bridgehead atoms. The van der Waals surface area contributed by atoms with Gasteiger partial charge in [0.15, 0.2) is 5.78 Å². The minimum atomic E-state index is -0.408. The predicted molar refractivity (Wildman–Crippen MR) is 111 cm³/mol. The number of ketones is 1. The summed E-state index contributed by atoms with van der Waals surface area (Å²) in [6.07, 6.45) is 0. The van der Waals surface area contributed by atoms with Crippen LogP contribution < -0.4 is 10.2 Å². The SMILES string of the molecule is CC(=O)c1ccc(N2CCN(C(=O)NCc3cc4ccccc4[nH]3)CC2)c(F)c1. The van der Waals surface area contributed by atoms with Crippen molar-refractivity contribution < 1.29 is 14.0 Å². The molecular formula is C22H23FN4O2. The van der Waals surface area contributed by atoms with Crippen LogP contribution in [0.25, 0.3) is 10.9 Å². The lowest BCUT2D eigenvalue weighted by molar-refractivity contribution is 0.101. The van der Waals surface area contributed by atoms with E-state index >= 15 is 0 Å². The topological polar surface area (TPSA) is 68.4 Å². The number of hydrogen-bond donors (Lipinski definition) is 2. The third-order valence-electron chi connectivity index (χ3n) is 5.28. The zero-order chi connectivity index (χ0) is 20.4. The van der Waals surface area contributed by atoms with Gasteiger partial charge in [-0.2, -0.15) is 0 Å². The molecule has 4 rings (SSSR count). The Kier molecular flexibility index (Phi) is 5.20. The van der Waals surface area contributed by atoms with Crippen LogP contribution in [0.5, 0.6) is 0 Å². The van der Waals surface area contributed by atoms with Gasteiger partial charge in [-0.15, -0.1) is 0 Å². The van der Waals surface area contributed by atoms with Gasteiger partial charge in [-0.05, 0) is 42.6 Å². The second-order valence-electron chi connectivity index (χ2n) is 7.24. The summed E-state index contributed by atoms with van der Waals surface area (Å²) >= 11 is 0. The molecule has 150 valence electrons. The number of halogens is 1. The summed E-state index contributed by atoms with van der Waals surface area (Å²) in [6, 6.07) is 14.4. The van der Waals surface area contributed by atoms with E-state index in [-0.39, 0.29) is 11.8 Å². The molecule has 1 saturated heterocycles. The molecule has 0 spiro atoms. The van der Waals surface area contributed by atoms with Gasteiger partial charge in [-0.25, -0.2) is 9.18 Å². The first-order chi connectivity index (χ1) is 14.0. The minimum absolute atomic E-state index is 0.129. The second kappa shape index (κ2) is 7.95. The number of Topliss-reactive ketones (excluding diaryl/α,β-unsaturated/α-hetero) is 1.